The lowest BCUT2D eigenvalue weighted by atomic mass is 10.2. The number of likely N-dealkylation sites (N-methyl/N-ethyl adjacent to an activating group) is 1. The molecule has 0 bridgehead atoms. The first-order valence-electron chi connectivity index (χ1n) is 8.01. The van der Waals surface area contributed by atoms with Crippen molar-refractivity contribution in [2.45, 2.75) is 6.92 Å². The van der Waals surface area contributed by atoms with Gasteiger partial charge in [-0.05, 0) is 39.2 Å². The maximum atomic E-state index is 12.5. The van der Waals surface area contributed by atoms with Gasteiger partial charge < -0.3 is 19.4 Å². The first-order valence-corrected chi connectivity index (χ1v) is 8.01. The highest BCUT2D eigenvalue weighted by atomic mass is 16.5. The number of fused-ring (bicyclic) bond motifs is 1. The zero-order valence-corrected chi connectivity index (χ0v) is 14.6. The van der Waals surface area contributed by atoms with Crippen LogP contribution in [0.4, 0.5) is 5.69 Å². The number of imidazole rings is 1. The SMILES string of the molecule is Cc1ncc2ccc(C(=O)Nc3ccnc(OCCN(C)C)c3)cn12. The number of aryl methyl sites for hydroxylation is 1. The molecule has 0 radical (unpaired) electrons. The van der Waals surface area contributed by atoms with Gasteiger partial charge in [0.2, 0.25) is 5.88 Å². The second kappa shape index (κ2) is 7.31. The van der Waals surface area contributed by atoms with E-state index in [-0.39, 0.29) is 5.91 Å². The molecule has 3 rings (SSSR count). The van der Waals surface area contributed by atoms with E-state index < -0.39 is 0 Å². The van der Waals surface area contributed by atoms with Gasteiger partial charge in [0.1, 0.15) is 12.4 Å². The van der Waals surface area contributed by atoms with Gasteiger partial charge in [-0.2, -0.15) is 0 Å². The lowest BCUT2D eigenvalue weighted by Gasteiger charge is -2.11. The van der Waals surface area contributed by atoms with E-state index in [1.807, 2.05) is 36.4 Å². The van der Waals surface area contributed by atoms with E-state index >= 15 is 0 Å². The Morgan fingerprint density at radius 2 is 2.12 bits per heavy atom. The number of amides is 1. The molecule has 3 heterocycles. The monoisotopic (exact) mass is 339 g/mol. The molecule has 0 spiro atoms. The van der Waals surface area contributed by atoms with Gasteiger partial charge in [0.15, 0.2) is 0 Å². The molecule has 7 heteroatoms. The number of nitrogens with one attached hydrogen (secondary N) is 1. The van der Waals surface area contributed by atoms with E-state index in [9.17, 15) is 4.79 Å². The molecule has 7 nitrogen and oxygen atoms in total. The highest BCUT2D eigenvalue weighted by molar-refractivity contribution is 6.04. The van der Waals surface area contributed by atoms with E-state index in [1.165, 1.54) is 0 Å². The number of anilines is 1. The zero-order chi connectivity index (χ0) is 17.8. The van der Waals surface area contributed by atoms with Crippen molar-refractivity contribution in [2.24, 2.45) is 0 Å². The number of carbonyl (C=O) groups is 1. The van der Waals surface area contributed by atoms with Crippen molar-refractivity contribution in [3.8, 4) is 5.88 Å². The Bertz CT molecular complexity index is 888. The van der Waals surface area contributed by atoms with E-state index in [1.54, 1.807) is 36.8 Å². The van der Waals surface area contributed by atoms with Crippen LogP contribution in [0.1, 0.15) is 16.2 Å². The molecule has 0 aliphatic heterocycles. The standard InChI is InChI=1S/C18H21N5O2/c1-13-20-11-16-5-4-14(12-23(13)16)18(24)21-15-6-7-19-17(10-15)25-9-8-22(2)3/h4-7,10-12H,8-9H2,1-3H3,(H,19,21,24). The molecule has 0 saturated heterocycles. The predicted molar refractivity (Wildman–Crippen MR) is 96.2 cm³/mol. The van der Waals surface area contributed by atoms with Crippen LogP contribution in [0, 0.1) is 6.92 Å². The number of rotatable bonds is 6. The first-order chi connectivity index (χ1) is 12.0. The summed E-state index contributed by atoms with van der Waals surface area (Å²) >= 11 is 0. The average molecular weight is 339 g/mol. The molecule has 0 aliphatic rings. The summed E-state index contributed by atoms with van der Waals surface area (Å²) in [6.45, 7) is 3.23. The summed E-state index contributed by atoms with van der Waals surface area (Å²) in [4.78, 5) is 22.9. The lowest BCUT2D eigenvalue weighted by Crippen LogP contribution is -2.19. The van der Waals surface area contributed by atoms with Gasteiger partial charge in [-0.1, -0.05) is 0 Å². The quantitative estimate of drug-likeness (QED) is 0.746. The molecule has 0 saturated carbocycles. The Morgan fingerprint density at radius 3 is 2.92 bits per heavy atom. The van der Waals surface area contributed by atoms with Crippen molar-refractivity contribution < 1.29 is 9.53 Å². The van der Waals surface area contributed by atoms with E-state index in [4.69, 9.17) is 4.74 Å². The number of pyridine rings is 2. The molecule has 25 heavy (non-hydrogen) atoms. The molecule has 1 N–H and O–H groups in total. The molecule has 3 aromatic rings. The van der Waals surface area contributed by atoms with Gasteiger partial charge in [0, 0.05) is 30.7 Å². The van der Waals surface area contributed by atoms with Crippen LogP contribution < -0.4 is 10.1 Å². The normalized spacial score (nSPS) is 11.0. The van der Waals surface area contributed by atoms with Crippen LogP contribution in [0.15, 0.2) is 42.9 Å². The van der Waals surface area contributed by atoms with Crippen molar-refractivity contribution in [3.63, 3.8) is 0 Å². The summed E-state index contributed by atoms with van der Waals surface area (Å²) in [7, 11) is 3.96. The third-order valence-electron chi connectivity index (χ3n) is 3.76. The Balaban J connectivity index is 1.70. The number of hydrogen-bond donors (Lipinski definition) is 1. The van der Waals surface area contributed by atoms with Crippen LogP contribution >= 0.6 is 0 Å². The molecular formula is C18H21N5O2. The number of carbonyl (C=O) groups excluding carboxylic acids is 1. The molecule has 0 atom stereocenters. The smallest absolute Gasteiger partial charge is 0.257 e. The Hall–Kier alpha value is -2.93. The van der Waals surface area contributed by atoms with Gasteiger partial charge in [0.25, 0.3) is 5.91 Å². The maximum Gasteiger partial charge on any atom is 0.257 e. The number of hydrogen-bond acceptors (Lipinski definition) is 5. The topological polar surface area (TPSA) is 71.8 Å². The van der Waals surface area contributed by atoms with Gasteiger partial charge in [0.05, 0.1) is 17.3 Å². The summed E-state index contributed by atoms with van der Waals surface area (Å²) in [6.07, 6.45) is 5.17. The second-order valence-electron chi connectivity index (χ2n) is 6.01. The van der Waals surface area contributed by atoms with Crippen LogP contribution in [-0.4, -0.2) is 52.4 Å². The third-order valence-corrected chi connectivity index (χ3v) is 3.76. The molecule has 0 aliphatic carbocycles. The fourth-order valence-corrected chi connectivity index (χ4v) is 2.36. The average Bonchev–Trinajstić information content (AvgIpc) is 2.95. The minimum absolute atomic E-state index is 0.194. The first kappa shape index (κ1) is 16.9. The molecule has 3 aromatic heterocycles. The van der Waals surface area contributed by atoms with Crippen molar-refractivity contribution >= 4 is 17.1 Å². The zero-order valence-electron chi connectivity index (χ0n) is 14.6. The van der Waals surface area contributed by atoms with Gasteiger partial charge in [-0.25, -0.2) is 9.97 Å². The number of aromatic nitrogens is 3. The maximum absolute atomic E-state index is 12.5. The third kappa shape index (κ3) is 4.13. The molecule has 0 aromatic carbocycles. The predicted octanol–water partition coefficient (Wildman–Crippen LogP) is 2.23. The van der Waals surface area contributed by atoms with Crippen molar-refractivity contribution in [1.29, 1.82) is 0 Å². The van der Waals surface area contributed by atoms with Crippen LogP contribution in [0.2, 0.25) is 0 Å². The highest BCUT2D eigenvalue weighted by Gasteiger charge is 2.09. The fourth-order valence-electron chi connectivity index (χ4n) is 2.36. The molecular weight excluding hydrogens is 318 g/mol. The van der Waals surface area contributed by atoms with Crippen molar-refractivity contribution in [1.82, 2.24) is 19.3 Å². The Kier molecular flexibility index (Phi) is 4.95. The number of nitrogens with zero attached hydrogens (tertiary/aromatic N) is 4. The summed E-state index contributed by atoms with van der Waals surface area (Å²) in [6, 6.07) is 7.10. The van der Waals surface area contributed by atoms with Crippen LogP contribution in [0.3, 0.4) is 0 Å². The van der Waals surface area contributed by atoms with Gasteiger partial charge in [-0.3, -0.25) is 4.79 Å². The Labute approximate surface area is 146 Å². The Morgan fingerprint density at radius 1 is 1.28 bits per heavy atom. The lowest BCUT2D eigenvalue weighted by molar-refractivity contribution is 0.102. The summed E-state index contributed by atoms with van der Waals surface area (Å²) < 4.78 is 7.48. The van der Waals surface area contributed by atoms with Crippen LogP contribution in [-0.2, 0) is 0 Å². The number of ether oxygens (including phenoxy) is 1. The minimum atomic E-state index is -0.194. The van der Waals surface area contributed by atoms with E-state index in [0.29, 0.717) is 23.7 Å². The van der Waals surface area contributed by atoms with Crippen LogP contribution in [0.5, 0.6) is 5.88 Å². The van der Waals surface area contributed by atoms with E-state index in [0.717, 1.165) is 17.9 Å². The van der Waals surface area contributed by atoms with Gasteiger partial charge >= 0.3 is 0 Å². The fraction of sp³-hybridized carbons (Fsp3) is 0.278. The van der Waals surface area contributed by atoms with Crippen molar-refractivity contribution in [2.75, 3.05) is 32.6 Å². The minimum Gasteiger partial charge on any atom is -0.476 e. The van der Waals surface area contributed by atoms with E-state index in [2.05, 4.69) is 15.3 Å². The summed E-state index contributed by atoms with van der Waals surface area (Å²) in [5, 5.41) is 2.87. The molecule has 0 unspecified atom stereocenters. The molecule has 130 valence electrons. The summed E-state index contributed by atoms with van der Waals surface area (Å²) in [5.74, 6) is 1.13. The molecule has 0 fully saturated rings. The summed E-state index contributed by atoms with van der Waals surface area (Å²) in [5.41, 5.74) is 2.15. The van der Waals surface area contributed by atoms with Gasteiger partial charge in [-0.15, -0.1) is 0 Å². The highest BCUT2D eigenvalue weighted by Crippen LogP contribution is 2.16. The van der Waals surface area contributed by atoms with Crippen LogP contribution in [0.25, 0.3) is 5.52 Å². The largest absolute Gasteiger partial charge is 0.476 e. The second-order valence-corrected chi connectivity index (χ2v) is 6.01. The van der Waals surface area contributed by atoms with Crippen molar-refractivity contribution in [3.05, 3.63) is 54.2 Å². The molecule has 1 amide bonds.